The molecule has 0 aliphatic heterocycles. The molecule has 66 valence electrons. The minimum atomic E-state index is -0.398. The maximum Gasteiger partial charge on any atom is 0.423 e. The normalized spacial score (nSPS) is 10.2. The van der Waals surface area contributed by atoms with Crippen LogP contribution >= 0.6 is 0 Å². The summed E-state index contributed by atoms with van der Waals surface area (Å²) in [5.74, 6) is -0.398. The van der Waals surface area contributed by atoms with Crippen LogP contribution in [0.4, 0.5) is 0 Å². The molecular formula is C9H8N2O2. The summed E-state index contributed by atoms with van der Waals surface area (Å²) >= 11 is 0. The zero-order valence-electron chi connectivity index (χ0n) is 7.10. The van der Waals surface area contributed by atoms with Crippen molar-refractivity contribution in [1.29, 1.82) is 0 Å². The van der Waals surface area contributed by atoms with E-state index >= 15 is 0 Å². The van der Waals surface area contributed by atoms with Gasteiger partial charge in [-0.25, -0.2) is 9.36 Å². The van der Waals surface area contributed by atoms with Crippen LogP contribution in [0.25, 0.3) is 5.69 Å². The van der Waals surface area contributed by atoms with E-state index in [9.17, 15) is 4.79 Å². The molecular weight excluding hydrogens is 168 g/mol. The second-order valence-electron chi connectivity index (χ2n) is 2.70. The van der Waals surface area contributed by atoms with Crippen LogP contribution in [0.1, 0.15) is 5.69 Å². The molecule has 0 aliphatic rings. The molecule has 4 nitrogen and oxygen atoms in total. The summed E-state index contributed by atoms with van der Waals surface area (Å²) in [6, 6.07) is 3.66. The van der Waals surface area contributed by atoms with Gasteiger partial charge < -0.3 is 4.42 Å². The molecule has 0 amide bonds. The maximum atomic E-state index is 11.1. The molecule has 0 atom stereocenters. The molecule has 0 bridgehead atoms. The average molecular weight is 176 g/mol. The Kier molecular flexibility index (Phi) is 1.73. The first kappa shape index (κ1) is 7.79. The number of nitrogens with zero attached hydrogens (tertiary/aromatic N) is 2. The van der Waals surface area contributed by atoms with Gasteiger partial charge in [-0.05, 0) is 19.1 Å². The van der Waals surface area contributed by atoms with E-state index in [1.54, 1.807) is 12.4 Å². The molecule has 0 spiro atoms. The van der Waals surface area contributed by atoms with Crippen LogP contribution in [0.5, 0.6) is 0 Å². The predicted octanol–water partition coefficient (Wildman–Crippen LogP) is 1.13. The van der Waals surface area contributed by atoms with Gasteiger partial charge in [-0.2, -0.15) is 0 Å². The molecule has 0 saturated carbocycles. The van der Waals surface area contributed by atoms with Crippen molar-refractivity contribution >= 4 is 0 Å². The Morgan fingerprint density at radius 1 is 1.46 bits per heavy atom. The van der Waals surface area contributed by atoms with Crippen molar-refractivity contribution in [3.05, 3.63) is 47.0 Å². The van der Waals surface area contributed by atoms with Gasteiger partial charge in [0.25, 0.3) is 0 Å². The molecule has 0 N–H and O–H groups in total. The maximum absolute atomic E-state index is 11.1. The number of hydrogen-bond donors (Lipinski definition) is 0. The molecule has 2 rings (SSSR count). The van der Waals surface area contributed by atoms with Crippen LogP contribution in [0, 0.1) is 6.92 Å². The largest absolute Gasteiger partial charge is 0.423 e. The van der Waals surface area contributed by atoms with Crippen molar-refractivity contribution in [2.24, 2.45) is 0 Å². The number of aromatic nitrogens is 2. The Balaban J connectivity index is 2.54. The van der Waals surface area contributed by atoms with E-state index in [0.29, 0.717) is 5.69 Å². The van der Waals surface area contributed by atoms with Gasteiger partial charge in [0.1, 0.15) is 6.26 Å². The first-order valence-corrected chi connectivity index (χ1v) is 3.86. The molecule has 0 aliphatic carbocycles. The molecule has 0 saturated heterocycles. The van der Waals surface area contributed by atoms with E-state index in [0.717, 1.165) is 5.69 Å². The van der Waals surface area contributed by atoms with Gasteiger partial charge in [0.05, 0.1) is 18.1 Å². The lowest BCUT2D eigenvalue weighted by molar-refractivity contribution is 0.504. The van der Waals surface area contributed by atoms with Crippen molar-refractivity contribution in [2.45, 2.75) is 6.92 Å². The number of rotatable bonds is 1. The minimum absolute atomic E-state index is 0.398. The summed E-state index contributed by atoms with van der Waals surface area (Å²) < 4.78 is 6.02. The van der Waals surface area contributed by atoms with E-state index in [1.807, 2.05) is 19.1 Å². The molecule has 2 heterocycles. The third-order valence-electron chi connectivity index (χ3n) is 1.75. The fourth-order valence-corrected chi connectivity index (χ4v) is 1.06. The zero-order valence-corrected chi connectivity index (χ0v) is 7.10. The van der Waals surface area contributed by atoms with Crippen molar-refractivity contribution in [3.63, 3.8) is 0 Å². The Morgan fingerprint density at radius 2 is 2.31 bits per heavy atom. The fraction of sp³-hybridized carbons (Fsp3) is 0.111. The van der Waals surface area contributed by atoms with Crippen LogP contribution in [0.3, 0.4) is 0 Å². The second kappa shape index (κ2) is 2.90. The number of pyridine rings is 1. The van der Waals surface area contributed by atoms with E-state index < -0.39 is 5.76 Å². The number of oxazole rings is 1. The van der Waals surface area contributed by atoms with Crippen LogP contribution in [0.2, 0.25) is 0 Å². The second-order valence-corrected chi connectivity index (χ2v) is 2.70. The zero-order chi connectivity index (χ0) is 9.26. The Morgan fingerprint density at radius 3 is 2.85 bits per heavy atom. The standard InChI is InChI=1S/C9H8N2O2/c1-7-2-3-8(6-10-7)11-4-5-13-9(11)12/h2-6H,1H3. The monoisotopic (exact) mass is 176 g/mol. The van der Waals surface area contributed by atoms with Crippen LogP contribution in [-0.2, 0) is 0 Å². The summed E-state index contributed by atoms with van der Waals surface area (Å²) in [5, 5.41) is 0. The van der Waals surface area contributed by atoms with Gasteiger partial charge in [0.2, 0.25) is 0 Å². The van der Waals surface area contributed by atoms with E-state index in [1.165, 1.54) is 10.8 Å². The lowest BCUT2D eigenvalue weighted by Crippen LogP contribution is -2.10. The van der Waals surface area contributed by atoms with E-state index in [2.05, 4.69) is 9.40 Å². The lowest BCUT2D eigenvalue weighted by atomic mass is 10.3. The number of aryl methyl sites for hydroxylation is 1. The minimum Gasteiger partial charge on any atom is -0.416 e. The lowest BCUT2D eigenvalue weighted by Gasteiger charge is -1.98. The predicted molar refractivity (Wildman–Crippen MR) is 46.8 cm³/mol. The SMILES string of the molecule is Cc1ccc(-n2ccoc2=O)cn1. The quantitative estimate of drug-likeness (QED) is 0.654. The van der Waals surface area contributed by atoms with Crippen LogP contribution in [-0.4, -0.2) is 9.55 Å². The summed E-state index contributed by atoms with van der Waals surface area (Å²) in [6.45, 7) is 1.89. The highest BCUT2D eigenvalue weighted by molar-refractivity contribution is 5.28. The van der Waals surface area contributed by atoms with Gasteiger partial charge >= 0.3 is 5.76 Å². The molecule has 0 fully saturated rings. The van der Waals surface area contributed by atoms with Gasteiger partial charge in [0.15, 0.2) is 0 Å². The molecule has 0 aromatic carbocycles. The van der Waals surface area contributed by atoms with Gasteiger partial charge in [-0.3, -0.25) is 4.98 Å². The molecule has 0 radical (unpaired) electrons. The highest BCUT2D eigenvalue weighted by atomic mass is 16.4. The van der Waals surface area contributed by atoms with Crippen LogP contribution in [0.15, 0.2) is 40.0 Å². The fourth-order valence-electron chi connectivity index (χ4n) is 1.06. The third kappa shape index (κ3) is 1.38. The van der Waals surface area contributed by atoms with Crippen LogP contribution < -0.4 is 5.76 Å². The van der Waals surface area contributed by atoms with E-state index in [-0.39, 0.29) is 0 Å². The van der Waals surface area contributed by atoms with Crippen molar-refractivity contribution in [2.75, 3.05) is 0 Å². The highest BCUT2D eigenvalue weighted by Crippen LogP contribution is 2.03. The smallest absolute Gasteiger partial charge is 0.416 e. The molecule has 2 aromatic rings. The van der Waals surface area contributed by atoms with Crippen molar-refractivity contribution in [1.82, 2.24) is 9.55 Å². The van der Waals surface area contributed by atoms with Gasteiger partial charge in [-0.15, -0.1) is 0 Å². The van der Waals surface area contributed by atoms with Crippen molar-refractivity contribution in [3.8, 4) is 5.69 Å². The van der Waals surface area contributed by atoms with Crippen molar-refractivity contribution < 1.29 is 4.42 Å². The van der Waals surface area contributed by atoms with E-state index in [4.69, 9.17) is 0 Å². The molecule has 0 unspecified atom stereocenters. The molecule has 13 heavy (non-hydrogen) atoms. The summed E-state index contributed by atoms with van der Waals surface area (Å²) in [4.78, 5) is 15.1. The first-order valence-electron chi connectivity index (χ1n) is 3.86. The Hall–Kier alpha value is -1.84. The summed E-state index contributed by atoms with van der Waals surface area (Å²) in [5.41, 5.74) is 1.63. The molecule has 4 heteroatoms. The highest BCUT2D eigenvalue weighted by Gasteiger charge is 2.00. The average Bonchev–Trinajstić information content (AvgIpc) is 2.53. The van der Waals surface area contributed by atoms with Gasteiger partial charge in [-0.1, -0.05) is 0 Å². The third-order valence-corrected chi connectivity index (χ3v) is 1.75. The first-order chi connectivity index (χ1) is 6.27. The molecule has 2 aromatic heterocycles. The topological polar surface area (TPSA) is 48.0 Å². The number of hydrogen-bond acceptors (Lipinski definition) is 3. The Labute approximate surface area is 74.5 Å². The summed E-state index contributed by atoms with van der Waals surface area (Å²) in [6.07, 6.45) is 4.54. The summed E-state index contributed by atoms with van der Waals surface area (Å²) in [7, 11) is 0. The Bertz CT molecular complexity index is 453. The van der Waals surface area contributed by atoms with Gasteiger partial charge in [0, 0.05) is 5.69 Å².